The molecule has 6 heteroatoms. The van der Waals surface area contributed by atoms with E-state index in [-0.39, 0.29) is 18.1 Å². The minimum absolute atomic E-state index is 0. The third kappa shape index (κ3) is 4.80. The highest BCUT2D eigenvalue weighted by atomic mass is 35.5. The molecular formula is C16H19ClN2O3. The summed E-state index contributed by atoms with van der Waals surface area (Å²) in [5.41, 5.74) is 0.774. The maximum atomic E-state index is 10.6. The minimum Gasteiger partial charge on any atom is -0.372 e. The van der Waals surface area contributed by atoms with Crippen LogP contribution in [0, 0.1) is 10.1 Å². The third-order valence-corrected chi connectivity index (χ3v) is 3.37. The molecule has 0 saturated carbocycles. The Bertz CT molecular complexity index is 601. The Hall–Kier alpha value is -1.95. The second-order valence-electron chi connectivity index (χ2n) is 5.04. The number of hydrogen-bond donors (Lipinski definition) is 2. The zero-order valence-electron chi connectivity index (χ0n) is 12.2. The molecule has 0 unspecified atom stereocenters. The number of rotatable bonds is 6. The highest BCUT2D eigenvalue weighted by Crippen LogP contribution is 2.17. The molecule has 1 atom stereocenters. The van der Waals surface area contributed by atoms with E-state index < -0.39 is 10.6 Å². The van der Waals surface area contributed by atoms with Gasteiger partial charge in [-0.3, -0.25) is 15.4 Å². The first-order valence-electron chi connectivity index (χ1n) is 6.75. The monoisotopic (exact) mass is 322 g/mol. The molecule has 2 rings (SSSR count). The van der Waals surface area contributed by atoms with Gasteiger partial charge in [-0.05, 0) is 24.5 Å². The SMILES string of the molecule is C[C@](O)(NCCc1ccc([N+](=O)[O-])cc1)c1ccccc1.Cl. The Morgan fingerprint density at radius 3 is 2.27 bits per heavy atom. The van der Waals surface area contributed by atoms with Gasteiger partial charge in [-0.2, -0.15) is 0 Å². The highest BCUT2D eigenvalue weighted by molar-refractivity contribution is 5.85. The molecule has 2 aromatic carbocycles. The minimum atomic E-state index is -1.10. The van der Waals surface area contributed by atoms with Gasteiger partial charge in [0, 0.05) is 18.7 Å². The molecule has 118 valence electrons. The van der Waals surface area contributed by atoms with E-state index in [1.54, 1.807) is 19.1 Å². The summed E-state index contributed by atoms with van der Waals surface area (Å²) < 4.78 is 0. The van der Waals surface area contributed by atoms with Gasteiger partial charge < -0.3 is 5.11 Å². The van der Waals surface area contributed by atoms with Crippen LogP contribution in [0.15, 0.2) is 54.6 Å². The number of nitro benzene ring substituents is 1. The number of halogens is 1. The normalized spacial score (nSPS) is 13.0. The van der Waals surface area contributed by atoms with E-state index in [4.69, 9.17) is 0 Å². The molecular weight excluding hydrogens is 304 g/mol. The topological polar surface area (TPSA) is 75.4 Å². The van der Waals surface area contributed by atoms with Crippen molar-refractivity contribution in [2.45, 2.75) is 19.1 Å². The van der Waals surface area contributed by atoms with Gasteiger partial charge in [0.05, 0.1) is 4.92 Å². The van der Waals surface area contributed by atoms with Crippen molar-refractivity contribution in [2.24, 2.45) is 0 Å². The van der Waals surface area contributed by atoms with E-state index in [0.29, 0.717) is 13.0 Å². The summed E-state index contributed by atoms with van der Waals surface area (Å²) in [5, 5.41) is 24.0. The van der Waals surface area contributed by atoms with Crippen LogP contribution in [0.25, 0.3) is 0 Å². The van der Waals surface area contributed by atoms with Gasteiger partial charge in [-0.15, -0.1) is 12.4 Å². The van der Waals surface area contributed by atoms with Crippen molar-refractivity contribution >= 4 is 18.1 Å². The number of non-ortho nitro benzene ring substituents is 1. The van der Waals surface area contributed by atoms with Crippen LogP contribution in [-0.2, 0) is 12.1 Å². The molecule has 0 aliphatic rings. The summed E-state index contributed by atoms with van der Waals surface area (Å²) in [6.45, 7) is 2.28. The van der Waals surface area contributed by atoms with Crippen molar-refractivity contribution in [1.29, 1.82) is 0 Å². The lowest BCUT2D eigenvalue weighted by Crippen LogP contribution is -2.40. The fourth-order valence-corrected chi connectivity index (χ4v) is 2.10. The molecule has 2 aromatic rings. The Labute approximate surface area is 135 Å². The van der Waals surface area contributed by atoms with Gasteiger partial charge >= 0.3 is 0 Å². The third-order valence-electron chi connectivity index (χ3n) is 3.37. The summed E-state index contributed by atoms with van der Waals surface area (Å²) in [6, 6.07) is 15.8. The van der Waals surface area contributed by atoms with Crippen LogP contribution in [0.2, 0.25) is 0 Å². The van der Waals surface area contributed by atoms with Gasteiger partial charge in [-0.25, -0.2) is 0 Å². The number of nitrogens with one attached hydrogen (secondary N) is 1. The first-order valence-corrected chi connectivity index (χ1v) is 6.75. The summed E-state index contributed by atoms with van der Waals surface area (Å²) in [5.74, 6) is 0. The van der Waals surface area contributed by atoms with Gasteiger partial charge in [0.2, 0.25) is 0 Å². The number of nitrogens with zero attached hydrogens (tertiary/aromatic N) is 1. The van der Waals surface area contributed by atoms with E-state index in [0.717, 1.165) is 11.1 Å². The van der Waals surface area contributed by atoms with Crippen molar-refractivity contribution in [3.05, 3.63) is 75.8 Å². The van der Waals surface area contributed by atoms with E-state index >= 15 is 0 Å². The van der Waals surface area contributed by atoms with E-state index in [2.05, 4.69) is 5.32 Å². The lowest BCUT2D eigenvalue weighted by molar-refractivity contribution is -0.384. The zero-order valence-corrected chi connectivity index (χ0v) is 13.0. The molecule has 5 nitrogen and oxygen atoms in total. The second kappa shape index (κ2) is 7.89. The van der Waals surface area contributed by atoms with Crippen LogP contribution in [0.5, 0.6) is 0 Å². The predicted molar refractivity (Wildman–Crippen MR) is 88.1 cm³/mol. The van der Waals surface area contributed by atoms with E-state index in [1.807, 2.05) is 30.3 Å². The second-order valence-corrected chi connectivity index (χ2v) is 5.04. The molecule has 2 N–H and O–H groups in total. The maximum Gasteiger partial charge on any atom is 0.269 e. The Balaban J connectivity index is 0.00000242. The summed E-state index contributed by atoms with van der Waals surface area (Å²) in [4.78, 5) is 10.2. The Morgan fingerprint density at radius 2 is 1.73 bits per heavy atom. The molecule has 0 aliphatic carbocycles. The van der Waals surface area contributed by atoms with Crippen LogP contribution in [0.1, 0.15) is 18.1 Å². The molecule has 0 heterocycles. The first-order chi connectivity index (χ1) is 9.99. The predicted octanol–water partition coefficient (Wildman–Crippen LogP) is 3.01. The Morgan fingerprint density at radius 1 is 1.14 bits per heavy atom. The maximum absolute atomic E-state index is 10.6. The summed E-state index contributed by atoms with van der Waals surface area (Å²) in [7, 11) is 0. The number of benzene rings is 2. The van der Waals surface area contributed by atoms with Crippen molar-refractivity contribution in [3.63, 3.8) is 0 Å². The van der Waals surface area contributed by atoms with Crippen LogP contribution in [0.3, 0.4) is 0 Å². The standard InChI is InChI=1S/C16H18N2O3.ClH/c1-16(19,14-5-3-2-4-6-14)17-12-11-13-7-9-15(10-8-13)18(20)21;/h2-10,17,19H,11-12H2,1H3;1H/t16-;/m1./s1. The summed E-state index contributed by atoms with van der Waals surface area (Å²) >= 11 is 0. The van der Waals surface area contributed by atoms with Gasteiger partial charge in [0.1, 0.15) is 5.72 Å². The molecule has 0 aromatic heterocycles. The van der Waals surface area contributed by atoms with Gasteiger partial charge in [0.15, 0.2) is 0 Å². The summed E-state index contributed by atoms with van der Waals surface area (Å²) in [6.07, 6.45) is 0.682. The average molecular weight is 323 g/mol. The van der Waals surface area contributed by atoms with Crippen molar-refractivity contribution in [2.75, 3.05) is 6.54 Å². The smallest absolute Gasteiger partial charge is 0.269 e. The molecule has 0 aliphatic heterocycles. The van der Waals surface area contributed by atoms with E-state index in [1.165, 1.54) is 12.1 Å². The van der Waals surface area contributed by atoms with Crippen LogP contribution < -0.4 is 5.32 Å². The molecule has 0 fully saturated rings. The largest absolute Gasteiger partial charge is 0.372 e. The van der Waals surface area contributed by atoms with E-state index in [9.17, 15) is 15.2 Å². The van der Waals surface area contributed by atoms with Crippen molar-refractivity contribution in [1.82, 2.24) is 5.32 Å². The average Bonchev–Trinajstić information content (AvgIpc) is 2.48. The lowest BCUT2D eigenvalue weighted by atomic mass is 10.0. The highest BCUT2D eigenvalue weighted by Gasteiger charge is 2.21. The van der Waals surface area contributed by atoms with Gasteiger partial charge in [-0.1, -0.05) is 42.5 Å². The molecule has 0 spiro atoms. The van der Waals surface area contributed by atoms with Gasteiger partial charge in [0.25, 0.3) is 5.69 Å². The molecule has 22 heavy (non-hydrogen) atoms. The number of aliphatic hydroxyl groups is 1. The quantitative estimate of drug-likeness (QED) is 0.487. The molecule has 0 saturated heterocycles. The molecule has 0 radical (unpaired) electrons. The number of nitro groups is 1. The fourth-order valence-electron chi connectivity index (χ4n) is 2.10. The molecule has 0 bridgehead atoms. The Kier molecular flexibility index (Phi) is 6.49. The number of hydrogen-bond acceptors (Lipinski definition) is 4. The lowest BCUT2D eigenvalue weighted by Gasteiger charge is -2.25. The van der Waals surface area contributed by atoms with Crippen LogP contribution in [0.4, 0.5) is 5.69 Å². The molecule has 0 amide bonds. The first kappa shape index (κ1) is 18.1. The van der Waals surface area contributed by atoms with Crippen molar-refractivity contribution < 1.29 is 10.0 Å². The zero-order chi connectivity index (χ0) is 15.3. The van der Waals surface area contributed by atoms with Crippen LogP contribution >= 0.6 is 12.4 Å². The van der Waals surface area contributed by atoms with Crippen LogP contribution in [-0.4, -0.2) is 16.6 Å². The van der Waals surface area contributed by atoms with Crippen molar-refractivity contribution in [3.8, 4) is 0 Å². The fraction of sp³-hybridized carbons (Fsp3) is 0.250.